The standard InChI is InChI=1S/C24H22ClN3O2S.ClH/c1-27(2)14-15-28(24-26-22-20(25)12-7-13-21(22)31-24)23(29)17-8-6-11-19(16-17)30-18-9-4-3-5-10-18;/h3-13,16H,14-15H2,1-2H3;1H. The van der Waals surface area contributed by atoms with Crippen LogP contribution in [0, 0.1) is 0 Å². The van der Waals surface area contributed by atoms with Gasteiger partial charge in [0.1, 0.15) is 17.0 Å². The van der Waals surface area contributed by atoms with Crippen LogP contribution in [0.1, 0.15) is 10.4 Å². The minimum atomic E-state index is -0.129. The molecule has 0 bridgehead atoms. The van der Waals surface area contributed by atoms with Crippen molar-refractivity contribution in [1.82, 2.24) is 9.88 Å². The molecule has 4 rings (SSSR count). The summed E-state index contributed by atoms with van der Waals surface area (Å²) < 4.78 is 6.86. The van der Waals surface area contributed by atoms with Gasteiger partial charge < -0.3 is 9.64 Å². The summed E-state index contributed by atoms with van der Waals surface area (Å²) in [6.45, 7) is 1.21. The maximum atomic E-state index is 13.5. The first-order chi connectivity index (χ1) is 15.0. The highest BCUT2D eigenvalue weighted by Gasteiger charge is 2.22. The summed E-state index contributed by atoms with van der Waals surface area (Å²) in [6, 6.07) is 22.4. The topological polar surface area (TPSA) is 45.7 Å². The molecule has 0 aliphatic carbocycles. The molecule has 4 aromatic rings. The second kappa shape index (κ2) is 10.8. The number of amides is 1. The summed E-state index contributed by atoms with van der Waals surface area (Å²) in [7, 11) is 3.96. The molecule has 0 radical (unpaired) electrons. The van der Waals surface area contributed by atoms with Gasteiger partial charge in [0.05, 0.1) is 9.72 Å². The number of anilines is 1. The molecule has 0 saturated carbocycles. The summed E-state index contributed by atoms with van der Waals surface area (Å²) >= 11 is 7.77. The van der Waals surface area contributed by atoms with E-state index in [1.54, 1.807) is 17.0 Å². The second-order valence-corrected chi connectivity index (χ2v) is 8.70. The Morgan fingerprint density at radius 1 is 0.969 bits per heavy atom. The van der Waals surface area contributed by atoms with E-state index >= 15 is 0 Å². The molecule has 32 heavy (non-hydrogen) atoms. The average Bonchev–Trinajstić information content (AvgIpc) is 3.20. The highest BCUT2D eigenvalue weighted by Crippen LogP contribution is 2.33. The lowest BCUT2D eigenvalue weighted by Gasteiger charge is -2.22. The van der Waals surface area contributed by atoms with Gasteiger partial charge in [-0.3, -0.25) is 9.69 Å². The number of likely N-dealkylation sites (N-methyl/N-ethyl adjacent to an activating group) is 1. The van der Waals surface area contributed by atoms with Crippen molar-refractivity contribution in [2.45, 2.75) is 0 Å². The van der Waals surface area contributed by atoms with Gasteiger partial charge in [0, 0.05) is 18.7 Å². The van der Waals surface area contributed by atoms with Crippen LogP contribution in [-0.2, 0) is 0 Å². The van der Waals surface area contributed by atoms with Crippen LogP contribution in [0.15, 0.2) is 72.8 Å². The minimum Gasteiger partial charge on any atom is -0.457 e. The van der Waals surface area contributed by atoms with Crippen LogP contribution in [0.25, 0.3) is 10.2 Å². The highest BCUT2D eigenvalue weighted by atomic mass is 35.5. The zero-order valence-corrected chi connectivity index (χ0v) is 20.1. The molecule has 1 aromatic heterocycles. The van der Waals surface area contributed by atoms with Gasteiger partial charge in [-0.1, -0.05) is 53.3 Å². The Labute approximate surface area is 202 Å². The Bertz CT molecular complexity index is 1200. The maximum Gasteiger partial charge on any atom is 0.260 e. The van der Waals surface area contributed by atoms with Crippen LogP contribution < -0.4 is 9.64 Å². The maximum absolute atomic E-state index is 13.5. The predicted molar refractivity (Wildman–Crippen MR) is 135 cm³/mol. The number of rotatable bonds is 7. The highest BCUT2D eigenvalue weighted by molar-refractivity contribution is 7.22. The molecule has 3 aromatic carbocycles. The number of fused-ring (bicyclic) bond motifs is 1. The van der Waals surface area contributed by atoms with E-state index in [-0.39, 0.29) is 18.3 Å². The molecule has 8 heteroatoms. The number of para-hydroxylation sites is 2. The SMILES string of the molecule is CN(C)CCN(C(=O)c1cccc(Oc2ccccc2)c1)c1nc2c(Cl)cccc2s1.Cl. The normalized spacial score (nSPS) is 10.8. The molecule has 0 aliphatic rings. The van der Waals surface area contributed by atoms with Gasteiger partial charge in [0.25, 0.3) is 5.91 Å². The number of ether oxygens (including phenoxy) is 1. The first kappa shape index (κ1) is 24.0. The van der Waals surface area contributed by atoms with Gasteiger partial charge in [0.2, 0.25) is 0 Å². The molecule has 0 aliphatic heterocycles. The first-order valence-corrected chi connectivity index (χ1v) is 11.1. The van der Waals surface area contributed by atoms with Gasteiger partial charge in [-0.25, -0.2) is 4.98 Å². The number of hydrogen-bond acceptors (Lipinski definition) is 5. The largest absolute Gasteiger partial charge is 0.457 e. The number of benzene rings is 3. The van der Waals surface area contributed by atoms with Gasteiger partial charge in [-0.2, -0.15) is 0 Å². The van der Waals surface area contributed by atoms with Crippen LogP contribution >= 0.6 is 35.3 Å². The molecule has 1 heterocycles. The lowest BCUT2D eigenvalue weighted by atomic mass is 10.2. The van der Waals surface area contributed by atoms with Crippen LogP contribution in [0.3, 0.4) is 0 Å². The van der Waals surface area contributed by atoms with Crippen molar-refractivity contribution in [1.29, 1.82) is 0 Å². The van der Waals surface area contributed by atoms with E-state index in [1.807, 2.05) is 79.7 Å². The monoisotopic (exact) mass is 487 g/mol. The predicted octanol–water partition coefficient (Wildman–Crippen LogP) is 6.37. The summed E-state index contributed by atoms with van der Waals surface area (Å²) in [5, 5.41) is 1.21. The Hall–Kier alpha value is -2.64. The van der Waals surface area contributed by atoms with E-state index in [0.29, 0.717) is 40.1 Å². The van der Waals surface area contributed by atoms with Gasteiger partial charge in [-0.15, -0.1) is 12.4 Å². The quantitative estimate of drug-likeness (QED) is 0.303. The molecule has 1 amide bonds. The first-order valence-electron chi connectivity index (χ1n) is 9.86. The Morgan fingerprint density at radius 3 is 2.41 bits per heavy atom. The van der Waals surface area contributed by atoms with E-state index in [0.717, 1.165) is 10.4 Å². The third kappa shape index (κ3) is 5.58. The smallest absolute Gasteiger partial charge is 0.260 e. The number of aromatic nitrogens is 1. The fraction of sp³-hybridized carbons (Fsp3) is 0.167. The molecular formula is C24H23Cl2N3O2S. The summed E-state index contributed by atoms with van der Waals surface area (Å²) in [4.78, 5) is 21.9. The number of thiazole rings is 1. The number of carbonyl (C=O) groups is 1. The van der Waals surface area contributed by atoms with Gasteiger partial charge >= 0.3 is 0 Å². The Balaban J connectivity index is 0.00000289. The fourth-order valence-corrected chi connectivity index (χ4v) is 4.37. The molecule has 0 N–H and O–H groups in total. The average molecular weight is 488 g/mol. The molecule has 0 atom stereocenters. The molecule has 0 unspecified atom stereocenters. The van der Waals surface area contributed by atoms with Crippen molar-refractivity contribution in [2.24, 2.45) is 0 Å². The lowest BCUT2D eigenvalue weighted by Crippen LogP contribution is -2.36. The molecule has 0 spiro atoms. The van der Waals surface area contributed by atoms with Crippen molar-refractivity contribution in [3.8, 4) is 11.5 Å². The zero-order valence-electron chi connectivity index (χ0n) is 17.7. The summed E-state index contributed by atoms with van der Waals surface area (Å²) in [6.07, 6.45) is 0. The van der Waals surface area contributed by atoms with Crippen molar-refractivity contribution < 1.29 is 9.53 Å². The molecule has 0 saturated heterocycles. The second-order valence-electron chi connectivity index (χ2n) is 7.29. The van der Waals surface area contributed by atoms with Crippen LogP contribution in [0.4, 0.5) is 5.13 Å². The number of halogens is 2. The fourth-order valence-electron chi connectivity index (χ4n) is 3.08. The number of carbonyl (C=O) groups excluding carboxylic acids is 1. The van der Waals surface area contributed by atoms with Crippen LogP contribution in [0.2, 0.25) is 5.02 Å². The molecule has 5 nitrogen and oxygen atoms in total. The Morgan fingerprint density at radius 2 is 1.69 bits per heavy atom. The van der Waals surface area contributed by atoms with Crippen molar-refractivity contribution >= 4 is 56.6 Å². The van der Waals surface area contributed by atoms with E-state index in [9.17, 15) is 4.79 Å². The summed E-state index contributed by atoms with van der Waals surface area (Å²) in [5.74, 6) is 1.20. The van der Waals surface area contributed by atoms with E-state index in [1.165, 1.54) is 11.3 Å². The summed E-state index contributed by atoms with van der Waals surface area (Å²) in [5.41, 5.74) is 1.26. The number of nitrogens with zero attached hydrogens (tertiary/aromatic N) is 3. The Kier molecular flexibility index (Phi) is 8.10. The third-order valence-corrected chi connectivity index (χ3v) is 6.01. The van der Waals surface area contributed by atoms with Gasteiger partial charge in [0.15, 0.2) is 5.13 Å². The van der Waals surface area contributed by atoms with Gasteiger partial charge in [-0.05, 0) is 56.6 Å². The van der Waals surface area contributed by atoms with Crippen molar-refractivity contribution in [3.05, 3.63) is 83.4 Å². The van der Waals surface area contributed by atoms with E-state index in [4.69, 9.17) is 16.3 Å². The molecule has 0 fully saturated rings. The minimum absolute atomic E-state index is 0. The third-order valence-electron chi connectivity index (χ3n) is 4.67. The van der Waals surface area contributed by atoms with E-state index in [2.05, 4.69) is 4.98 Å². The van der Waals surface area contributed by atoms with E-state index < -0.39 is 0 Å². The van der Waals surface area contributed by atoms with Crippen LogP contribution in [-0.4, -0.2) is 43.0 Å². The van der Waals surface area contributed by atoms with Crippen molar-refractivity contribution in [2.75, 3.05) is 32.1 Å². The molecular weight excluding hydrogens is 465 g/mol. The zero-order chi connectivity index (χ0) is 21.8. The molecule has 166 valence electrons. The number of hydrogen-bond donors (Lipinski definition) is 0. The van der Waals surface area contributed by atoms with Crippen molar-refractivity contribution in [3.63, 3.8) is 0 Å². The van der Waals surface area contributed by atoms with Crippen LogP contribution in [0.5, 0.6) is 11.5 Å². The lowest BCUT2D eigenvalue weighted by molar-refractivity contribution is 0.0985.